The van der Waals surface area contributed by atoms with Crippen molar-refractivity contribution in [2.75, 3.05) is 39.4 Å². The van der Waals surface area contributed by atoms with E-state index in [-0.39, 0.29) is 0 Å². The monoisotopic (exact) mass is 460 g/mol. The number of benzene rings is 1. The van der Waals surface area contributed by atoms with Crippen LogP contribution in [0.3, 0.4) is 0 Å². The smallest absolute Gasteiger partial charge is 0.248 e. The van der Waals surface area contributed by atoms with Gasteiger partial charge in [-0.05, 0) is 46.1 Å². The maximum atomic E-state index is 11.4. The fourth-order valence-corrected chi connectivity index (χ4v) is 3.50. The number of nitrogens with one attached hydrogen (secondary N) is 2. The number of aromatic nitrogens is 2. The van der Waals surface area contributed by atoms with Crippen molar-refractivity contribution in [2.45, 2.75) is 13.3 Å². The third-order valence-electron chi connectivity index (χ3n) is 4.80. The number of aliphatic imine (C=N–C) groups is 1. The zero-order valence-electron chi connectivity index (χ0n) is 16.4. The van der Waals surface area contributed by atoms with E-state index in [1.807, 2.05) is 19.1 Å². The molecule has 9 heteroatoms. The molecule has 1 saturated heterocycles. The summed E-state index contributed by atoms with van der Waals surface area (Å²) in [5, 5.41) is 7.79. The molecule has 29 heavy (non-hydrogen) atoms. The van der Waals surface area contributed by atoms with Gasteiger partial charge in [0, 0.05) is 31.6 Å². The van der Waals surface area contributed by atoms with Crippen LogP contribution in [0.4, 0.5) is 0 Å². The lowest BCUT2D eigenvalue weighted by molar-refractivity contribution is 0.0394. The first kappa shape index (κ1) is 21.4. The van der Waals surface area contributed by atoms with Crippen molar-refractivity contribution in [3.05, 3.63) is 41.3 Å². The Morgan fingerprint density at radius 1 is 1.41 bits per heavy atom. The van der Waals surface area contributed by atoms with E-state index in [0.29, 0.717) is 29.0 Å². The number of morpholine rings is 1. The average molecular weight is 461 g/mol. The molecular formula is C20H25BrN6O2. The lowest BCUT2D eigenvalue weighted by Gasteiger charge is -2.25. The van der Waals surface area contributed by atoms with E-state index in [4.69, 9.17) is 20.9 Å². The molecule has 0 saturated carbocycles. The number of H-pyrrole nitrogens is 1. The second kappa shape index (κ2) is 9.91. The summed E-state index contributed by atoms with van der Waals surface area (Å²) in [6.07, 6.45) is 2.11. The highest BCUT2D eigenvalue weighted by Crippen LogP contribution is 2.21. The summed E-state index contributed by atoms with van der Waals surface area (Å²) in [4.78, 5) is 26.2. The topological polar surface area (TPSA) is 120 Å². The maximum Gasteiger partial charge on any atom is 0.248 e. The molecule has 0 atom stereocenters. The molecule has 2 heterocycles. The Bertz CT molecular complexity index is 917. The van der Waals surface area contributed by atoms with Gasteiger partial charge in [0.15, 0.2) is 5.82 Å². The number of imidazole rings is 1. The van der Waals surface area contributed by atoms with Crippen molar-refractivity contribution in [1.82, 2.24) is 14.9 Å². The van der Waals surface area contributed by atoms with E-state index < -0.39 is 5.91 Å². The molecule has 1 aromatic heterocycles. The Balaban J connectivity index is 1.76. The Morgan fingerprint density at radius 2 is 2.17 bits per heavy atom. The molecule has 1 amide bonds. The van der Waals surface area contributed by atoms with Gasteiger partial charge < -0.3 is 15.5 Å². The number of aryl methyl sites for hydroxylation is 1. The SMILES string of the molecule is Cc1cc(-c2cnc(C(CC(=N)Br)=NCCN3CCOCC3)[nH]2)ccc1C(N)=O. The first-order chi connectivity index (χ1) is 13.9. The van der Waals surface area contributed by atoms with Gasteiger partial charge in [-0.15, -0.1) is 0 Å². The zero-order chi connectivity index (χ0) is 20.8. The van der Waals surface area contributed by atoms with Gasteiger partial charge in [-0.2, -0.15) is 0 Å². The molecule has 1 aromatic carbocycles. The number of aromatic amines is 1. The van der Waals surface area contributed by atoms with Crippen LogP contribution in [0.15, 0.2) is 29.4 Å². The molecule has 2 aromatic rings. The van der Waals surface area contributed by atoms with E-state index in [1.165, 1.54) is 0 Å². The summed E-state index contributed by atoms with van der Waals surface area (Å²) in [5.41, 5.74) is 9.17. The van der Waals surface area contributed by atoms with E-state index in [9.17, 15) is 4.79 Å². The van der Waals surface area contributed by atoms with Gasteiger partial charge in [0.25, 0.3) is 0 Å². The number of amides is 1. The van der Waals surface area contributed by atoms with Gasteiger partial charge >= 0.3 is 0 Å². The summed E-state index contributed by atoms with van der Waals surface area (Å²) < 4.78 is 5.72. The van der Waals surface area contributed by atoms with Gasteiger partial charge in [-0.25, -0.2) is 4.98 Å². The standard InChI is InChI=1S/C20H25BrN6O2/c1-13-10-14(2-3-15(13)19(23)28)17-12-25-20(26-17)16(11-18(21)22)24-4-5-27-6-8-29-9-7-27/h2-3,10,12,22H,4-9,11H2,1H3,(H2,23,28)(H,25,26). The molecule has 1 fully saturated rings. The predicted molar refractivity (Wildman–Crippen MR) is 117 cm³/mol. The number of carbonyl (C=O) groups excluding carboxylic acids is 1. The third kappa shape index (κ3) is 5.81. The lowest BCUT2D eigenvalue weighted by atomic mass is 10.0. The fourth-order valence-electron chi connectivity index (χ4n) is 3.23. The lowest BCUT2D eigenvalue weighted by Crippen LogP contribution is -2.37. The number of ether oxygens (including phenoxy) is 1. The van der Waals surface area contributed by atoms with Gasteiger partial charge in [0.1, 0.15) is 0 Å². The average Bonchev–Trinajstić information content (AvgIpc) is 3.17. The Morgan fingerprint density at radius 3 is 2.83 bits per heavy atom. The highest BCUT2D eigenvalue weighted by molar-refractivity contribution is 9.18. The Kier molecular flexibility index (Phi) is 7.29. The number of nitrogens with zero attached hydrogens (tertiary/aromatic N) is 3. The van der Waals surface area contributed by atoms with Crippen molar-refractivity contribution in [3.63, 3.8) is 0 Å². The van der Waals surface area contributed by atoms with Crippen LogP contribution in [0.25, 0.3) is 11.3 Å². The normalized spacial score (nSPS) is 15.4. The number of halogens is 1. The van der Waals surface area contributed by atoms with Gasteiger partial charge in [0.05, 0.1) is 42.0 Å². The van der Waals surface area contributed by atoms with Crippen LogP contribution in [0.2, 0.25) is 0 Å². The van der Waals surface area contributed by atoms with Crippen LogP contribution in [-0.2, 0) is 4.74 Å². The van der Waals surface area contributed by atoms with Crippen molar-refractivity contribution in [3.8, 4) is 11.3 Å². The first-order valence-corrected chi connectivity index (χ1v) is 10.3. The van der Waals surface area contributed by atoms with E-state index in [1.54, 1.807) is 12.3 Å². The van der Waals surface area contributed by atoms with Crippen LogP contribution in [0.1, 0.15) is 28.2 Å². The van der Waals surface area contributed by atoms with Gasteiger partial charge in [0.2, 0.25) is 5.91 Å². The molecule has 154 valence electrons. The van der Waals surface area contributed by atoms with Crippen molar-refractivity contribution in [1.29, 1.82) is 5.41 Å². The summed E-state index contributed by atoms with van der Waals surface area (Å²) in [5.74, 6) is 0.202. The minimum atomic E-state index is -0.440. The molecule has 8 nitrogen and oxygen atoms in total. The Hall–Kier alpha value is -2.36. The molecule has 0 bridgehead atoms. The molecular weight excluding hydrogens is 436 g/mol. The second-order valence-electron chi connectivity index (χ2n) is 6.90. The van der Waals surface area contributed by atoms with Crippen molar-refractivity contribution >= 4 is 32.2 Å². The van der Waals surface area contributed by atoms with Crippen LogP contribution in [0, 0.1) is 12.3 Å². The molecule has 0 aliphatic carbocycles. The molecule has 3 rings (SSSR count). The number of hydrogen-bond acceptors (Lipinski definition) is 6. The van der Waals surface area contributed by atoms with Crippen LogP contribution >= 0.6 is 15.9 Å². The Labute approximate surface area is 178 Å². The number of carbonyl (C=O) groups is 1. The van der Waals surface area contributed by atoms with Gasteiger partial charge in [-0.1, -0.05) is 6.07 Å². The summed E-state index contributed by atoms with van der Waals surface area (Å²) in [6, 6.07) is 5.46. The van der Waals surface area contributed by atoms with Crippen LogP contribution in [0.5, 0.6) is 0 Å². The summed E-state index contributed by atoms with van der Waals surface area (Å²) in [6.45, 7) is 6.71. The molecule has 4 N–H and O–H groups in total. The highest BCUT2D eigenvalue weighted by Gasteiger charge is 2.14. The third-order valence-corrected chi connectivity index (χ3v) is 5.08. The largest absolute Gasteiger partial charge is 0.379 e. The van der Waals surface area contributed by atoms with Crippen molar-refractivity contribution < 1.29 is 9.53 Å². The molecule has 0 spiro atoms. The molecule has 0 unspecified atom stereocenters. The maximum absolute atomic E-state index is 11.4. The molecule has 0 radical (unpaired) electrons. The second-order valence-corrected chi connectivity index (χ2v) is 7.86. The number of primary amides is 1. The number of hydrogen-bond donors (Lipinski definition) is 3. The number of nitrogens with two attached hydrogens (primary N) is 1. The minimum absolute atomic E-state index is 0.349. The minimum Gasteiger partial charge on any atom is -0.379 e. The zero-order valence-corrected chi connectivity index (χ0v) is 18.0. The van der Waals surface area contributed by atoms with Gasteiger partial charge in [-0.3, -0.25) is 20.1 Å². The first-order valence-electron chi connectivity index (χ1n) is 9.46. The van der Waals surface area contributed by atoms with Crippen LogP contribution in [-0.4, -0.2) is 70.5 Å². The quantitative estimate of drug-likeness (QED) is 0.523. The van der Waals surface area contributed by atoms with E-state index >= 15 is 0 Å². The highest BCUT2D eigenvalue weighted by atomic mass is 79.9. The predicted octanol–water partition coefficient (Wildman–Crippen LogP) is 2.37. The number of rotatable bonds is 8. The summed E-state index contributed by atoms with van der Waals surface area (Å²) in [7, 11) is 0. The molecule has 1 aliphatic rings. The van der Waals surface area contributed by atoms with E-state index in [2.05, 4.69) is 30.8 Å². The van der Waals surface area contributed by atoms with Crippen molar-refractivity contribution in [2.24, 2.45) is 10.7 Å². The van der Waals surface area contributed by atoms with E-state index in [0.717, 1.165) is 55.4 Å². The van der Waals surface area contributed by atoms with Crippen LogP contribution < -0.4 is 5.73 Å². The summed E-state index contributed by atoms with van der Waals surface area (Å²) >= 11 is 3.21. The fraction of sp³-hybridized carbons (Fsp3) is 0.400. The molecule has 1 aliphatic heterocycles.